The van der Waals surface area contributed by atoms with E-state index in [1.165, 1.54) is 6.20 Å². The molecule has 3 aliphatic rings. The predicted octanol–water partition coefficient (Wildman–Crippen LogP) is 2.10. The summed E-state index contributed by atoms with van der Waals surface area (Å²) in [6.07, 6.45) is 3.20. The van der Waals surface area contributed by atoms with Gasteiger partial charge in [-0.2, -0.15) is 0 Å². The van der Waals surface area contributed by atoms with Gasteiger partial charge in [-0.3, -0.25) is 14.2 Å². The standard InChI is InChI=1S/C19H19N3O4S/c23-17(13-11-20-19-22(18(13)24)6-9-27-19)21-5-1-2-14(21)12-3-4-15-16(10-12)26-8-7-25-15/h3-4,10-11,14H,1-2,5-9H2/t14-/m1/s1. The van der Waals surface area contributed by atoms with E-state index in [2.05, 4.69) is 4.98 Å². The summed E-state index contributed by atoms with van der Waals surface area (Å²) in [6.45, 7) is 2.32. The van der Waals surface area contributed by atoms with Gasteiger partial charge in [-0.1, -0.05) is 17.8 Å². The van der Waals surface area contributed by atoms with Crippen LogP contribution in [0.2, 0.25) is 0 Å². The Morgan fingerprint density at radius 2 is 2.04 bits per heavy atom. The fourth-order valence-corrected chi connectivity index (χ4v) is 4.86. The Bertz CT molecular complexity index is 974. The first-order valence-electron chi connectivity index (χ1n) is 9.15. The Morgan fingerprint density at radius 3 is 2.93 bits per heavy atom. The number of thioether (sulfide) groups is 1. The fourth-order valence-electron chi connectivity index (χ4n) is 3.94. The van der Waals surface area contributed by atoms with Gasteiger partial charge in [0.2, 0.25) is 0 Å². The predicted molar refractivity (Wildman–Crippen MR) is 99.7 cm³/mol. The average molecular weight is 385 g/mol. The number of rotatable bonds is 2. The maximum Gasteiger partial charge on any atom is 0.267 e. The largest absolute Gasteiger partial charge is 0.486 e. The number of nitrogens with zero attached hydrogens (tertiary/aromatic N) is 3. The second-order valence-corrected chi connectivity index (χ2v) is 7.88. The molecule has 0 unspecified atom stereocenters. The highest BCUT2D eigenvalue weighted by atomic mass is 32.2. The lowest BCUT2D eigenvalue weighted by molar-refractivity contribution is 0.0731. The van der Waals surface area contributed by atoms with Gasteiger partial charge in [0.1, 0.15) is 18.8 Å². The molecule has 140 valence electrons. The van der Waals surface area contributed by atoms with E-state index in [-0.39, 0.29) is 23.1 Å². The van der Waals surface area contributed by atoms with E-state index in [1.54, 1.807) is 21.2 Å². The van der Waals surface area contributed by atoms with Crippen LogP contribution in [0.5, 0.6) is 11.5 Å². The molecule has 4 heterocycles. The van der Waals surface area contributed by atoms with Crippen LogP contribution in [0.15, 0.2) is 34.3 Å². The van der Waals surface area contributed by atoms with E-state index in [9.17, 15) is 9.59 Å². The number of carbonyl (C=O) groups excluding carboxylic acids is 1. The number of fused-ring (bicyclic) bond motifs is 2. The third kappa shape index (κ3) is 2.79. The van der Waals surface area contributed by atoms with Gasteiger partial charge in [-0.25, -0.2) is 4.98 Å². The van der Waals surface area contributed by atoms with Crippen molar-refractivity contribution in [3.05, 3.63) is 45.9 Å². The molecule has 1 saturated heterocycles. The quantitative estimate of drug-likeness (QED) is 0.737. The van der Waals surface area contributed by atoms with Gasteiger partial charge in [0.05, 0.1) is 6.04 Å². The highest BCUT2D eigenvalue weighted by molar-refractivity contribution is 7.99. The number of amides is 1. The number of hydrogen-bond acceptors (Lipinski definition) is 6. The highest BCUT2D eigenvalue weighted by Gasteiger charge is 2.33. The zero-order chi connectivity index (χ0) is 18.4. The molecule has 27 heavy (non-hydrogen) atoms. The molecule has 0 N–H and O–H groups in total. The van der Waals surface area contributed by atoms with Crippen molar-refractivity contribution < 1.29 is 14.3 Å². The van der Waals surface area contributed by atoms with Crippen LogP contribution in [0.3, 0.4) is 0 Å². The summed E-state index contributed by atoms with van der Waals surface area (Å²) >= 11 is 1.55. The third-order valence-electron chi connectivity index (χ3n) is 5.25. The van der Waals surface area contributed by atoms with Gasteiger partial charge in [-0.15, -0.1) is 0 Å². The van der Waals surface area contributed by atoms with E-state index in [4.69, 9.17) is 9.47 Å². The molecule has 0 saturated carbocycles. The van der Waals surface area contributed by atoms with E-state index in [1.807, 2.05) is 18.2 Å². The Hall–Kier alpha value is -2.48. The number of carbonyl (C=O) groups is 1. The van der Waals surface area contributed by atoms with E-state index >= 15 is 0 Å². The van der Waals surface area contributed by atoms with Crippen molar-refractivity contribution in [2.24, 2.45) is 0 Å². The summed E-state index contributed by atoms with van der Waals surface area (Å²) in [7, 11) is 0. The molecule has 1 atom stereocenters. The van der Waals surface area contributed by atoms with E-state index in [0.29, 0.717) is 37.2 Å². The average Bonchev–Trinajstić information content (AvgIpc) is 3.37. The number of benzene rings is 1. The SMILES string of the molecule is O=C(c1cnc2n(c1=O)CCS2)N1CCC[C@@H]1c1ccc2c(c1)OCCO2. The molecule has 1 aromatic heterocycles. The summed E-state index contributed by atoms with van der Waals surface area (Å²) in [5.74, 6) is 2.04. The minimum Gasteiger partial charge on any atom is -0.486 e. The molecule has 7 nitrogen and oxygen atoms in total. The molecule has 1 aromatic carbocycles. The Kier molecular flexibility index (Phi) is 4.07. The van der Waals surface area contributed by atoms with Crippen molar-refractivity contribution in [1.29, 1.82) is 0 Å². The topological polar surface area (TPSA) is 73.7 Å². The summed E-state index contributed by atoms with van der Waals surface area (Å²) in [6, 6.07) is 5.76. The summed E-state index contributed by atoms with van der Waals surface area (Å²) in [5.41, 5.74) is 0.934. The fraction of sp³-hybridized carbons (Fsp3) is 0.421. The summed E-state index contributed by atoms with van der Waals surface area (Å²) in [4.78, 5) is 32.0. The number of hydrogen-bond donors (Lipinski definition) is 0. The third-order valence-corrected chi connectivity index (χ3v) is 6.22. The lowest BCUT2D eigenvalue weighted by Gasteiger charge is -2.26. The van der Waals surface area contributed by atoms with Crippen molar-refractivity contribution in [2.45, 2.75) is 30.6 Å². The maximum absolute atomic E-state index is 13.1. The molecule has 3 aliphatic heterocycles. The minimum absolute atomic E-state index is 0.0691. The number of likely N-dealkylation sites (tertiary alicyclic amines) is 1. The molecule has 0 spiro atoms. The zero-order valence-corrected chi connectivity index (χ0v) is 15.5. The summed E-state index contributed by atoms with van der Waals surface area (Å²) in [5, 5.41) is 0.696. The lowest BCUT2D eigenvalue weighted by Crippen LogP contribution is -2.36. The Labute approximate surface area is 160 Å². The molecule has 0 aliphatic carbocycles. The molecule has 0 radical (unpaired) electrons. The van der Waals surface area contributed by atoms with Crippen LogP contribution >= 0.6 is 11.8 Å². The van der Waals surface area contributed by atoms with Crippen LogP contribution in [-0.4, -0.2) is 45.9 Å². The van der Waals surface area contributed by atoms with Crippen molar-refractivity contribution in [3.8, 4) is 11.5 Å². The number of aromatic nitrogens is 2. The first-order chi connectivity index (χ1) is 13.2. The minimum atomic E-state index is -0.239. The second kappa shape index (κ2) is 6.60. The van der Waals surface area contributed by atoms with Gasteiger partial charge < -0.3 is 14.4 Å². The Morgan fingerprint density at radius 1 is 1.19 bits per heavy atom. The van der Waals surface area contributed by atoms with Gasteiger partial charge in [0, 0.05) is 25.0 Å². The first kappa shape index (κ1) is 16.7. The van der Waals surface area contributed by atoms with Crippen LogP contribution in [0.1, 0.15) is 34.8 Å². The van der Waals surface area contributed by atoms with Crippen molar-refractivity contribution in [3.63, 3.8) is 0 Å². The van der Waals surface area contributed by atoms with Gasteiger partial charge in [0.25, 0.3) is 11.5 Å². The Balaban J connectivity index is 1.46. The van der Waals surface area contributed by atoms with Crippen molar-refractivity contribution >= 4 is 17.7 Å². The molecule has 0 bridgehead atoms. The van der Waals surface area contributed by atoms with Crippen LogP contribution in [0.25, 0.3) is 0 Å². The second-order valence-electron chi connectivity index (χ2n) is 6.82. The molecular formula is C19H19N3O4S. The maximum atomic E-state index is 13.1. The van der Waals surface area contributed by atoms with Crippen molar-refractivity contribution in [1.82, 2.24) is 14.5 Å². The van der Waals surface area contributed by atoms with Gasteiger partial charge >= 0.3 is 0 Å². The molecule has 8 heteroatoms. The first-order valence-corrected chi connectivity index (χ1v) is 10.1. The molecule has 5 rings (SSSR count). The zero-order valence-electron chi connectivity index (χ0n) is 14.7. The van der Waals surface area contributed by atoms with Crippen LogP contribution in [0.4, 0.5) is 0 Å². The smallest absolute Gasteiger partial charge is 0.267 e. The van der Waals surface area contributed by atoms with Gasteiger partial charge in [-0.05, 0) is 30.5 Å². The van der Waals surface area contributed by atoms with Crippen LogP contribution in [0, 0.1) is 0 Å². The summed E-state index contributed by atoms with van der Waals surface area (Å²) < 4.78 is 12.9. The molecule has 1 amide bonds. The van der Waals surface area contributed by atoms with Crippen LogP contribution < -0.4 is 15.0 Å². The van der Waals surface area contributed by atoms with E-state index in [0.717, 1.165) is 29.9 Å². The lowest BCUT2D eigenvalue weighted by atomic mass is 10.0. The van der Waals surface area contributed by atoms with E-state index < -0.39 is 0 Å². The molecule has 1 fully saturated rings. The molecular weight excluding hydrogens is 366 g/mol. The van der Waals surface area contributed by atoms with Gasteiger partial charge in [0.15, 0.2) is 16.7 Å². The number of ether oxygens (including phenoxy) is 2. The molecule has 2 aromatic rings. The normalized spacial score (nSPS) is 20.6. The van der Waals surface area contributed by atoms with Crippen molar-refractivity contribution in [2.75, 3.05) is 25.5 Å². The highest BCUT2D eigenvalue weighted by Crippen LogP contribution is 2.38. The van der Waals surface area contributed by atoms with Crippen LogP contribution in [-0.2, 0) is 6.54 Å². The monoisotopic (exact) mass is 385 g/mol.